The molecule has 0 aliphatic heterocycles. The van der Waals surface area contributed by atoms with Gasteiger partial charge < -0.3 is 36.9 Å². The van der Waals surface area contributed by atoms with Gasteiger partial charge in [-0.05, 0) is 112 Å². The Morgan fingerprint density at radius 2 is 1.85 bits per heavy atom. The van der Waals surface area contributed by atoms with Gasteiger partial charge in [-0.3, -0.25) is 0 Å². The second kappa shape index (κ2) is 11.7. The normalized spacial score (nSPS) is 39.2. The van der Waals surface area contributed by atoms with Crippen LogP contribution in [0.1, 0.15) is 97.0 Å². The molecule has 4 aliphatic carbocycles. The molecule has 220 valence electrons. The quantitative estimate of drug-likeness (QED) is 0.458. The van der Waals surface area contributed by atoms with Crippen molar-refractivity contribution in [3.05, 3.63) is 34.4 Å². The van der Waals surface area contributed by atoms with Crippen molar-refractivity contribution in [1.29, 1.82) is 0 Å². The first-order valence-electron chi connectivity index (χ1n) is 15.2. The Bertz CT molecular complexity index is 1040. The number of hydrogen-bond acceptors (Lipinski definition) is 5. The van der Waals surface area contributed by atoms with Crippen molar-refractivity contribution in [3.63, 3.8) is 0 Å². The molecule has 0 saturated heterocycles. The van der Waals surface area contributed by atoms with Crippen molar-refractivity contribution in [2.75, 3.05) is 26.2 Å². The van der Waals surface area contributed by atoms with Crippen molar-refractivity contribution < 1.29 is 36.4 Å². The summed E-state index contributed by atoms with van der Waals surface area (Å²) in [5.74, 6) is 1.54. The van der Waals surface area contributed by atoms with E-state index in [9.17, 15) is 14.7 Å². The molecule has 3 N–H and O–H groups in total. The third-order valence-electron chi connectivity index (χ3n) is 12.0. The van der Waals surface area contributed by atoms with Crippen LogP contribution in [0.15, 0.2) is 27.6 Å². The second-order valence-corrected chi connectivity index (χ2v) is 13.3. The van der Waals surface area contributed by atoms with E-state index < -0.39 is 5.60 Å². The number of likely N-dealkylation sites (N-methyl/N-ethyl adjacent to an activating group) is 1. The zero-order valence-electron chi connectivity index (χ0n) is 24.3. The van der Waals surface area contributed by atoms with Gasteiger partial charge in [-0.25, -0.2) is 9.59 Å². The second-order valence-electron chi connectivity index (χ2n) is 13.3. The average molecular weight is 565 g/mol. The minimum absolute atomic E-state index is 0. The fourth-order valence-corrected chi connectivity index (χ4v) is 9.53. The highest BCUT2D eigenvalue weighted by molar-refractivity contribution is 5.67. The summed E-state index contributed by atoms with van der Waals surface area (Å²) >= 11 is 0. The van der Waals surface area contributed by atoms with Crippen molar-refractivity contribution in [2.45, 2.75) is 103 Å². The van der Waals surface area contributed by atoms with E-state index in [2.05, 4.69) is 33.0 Å². The molecule has 1 aromatic heterocycles. The molecule has 0 radical (unpaired) electrons. The van der Waals surface area contributed by atoms with E-state index in [1.54, 1.807) is 6.26 Å². The predicted octanol–water partition coefficient (Wildman–Crippen LogP) is 0.905. The average Bonchev–Trinajstić information content (AvgIpc) is 3.18. The van der Waals surface area contributed by atoms with Gasteiger partial charge in [0.15, 0.2) is 0 Å². The molecule has 0 aromatic carbocycles. The van der Waals surface area contributed by atoms with Gasteiger partial charge in [0.1, 0.15) is 6.10 Å². The van der Waals surface area contributed by atoms with Crippen LogP contribution in [0.4, 0.5) is 4.79 Å². The SMILES string of the molecule is CC[NH+](CC)CCNC(=O)O[C@H]1CC[C@@]2(C)[C@H](CC[C@@H]3[C@@H]2CC[C@]2(C)[C@@H](c4ccc(=O)oc4)CC[C@]32O)C1.[Cl-]. The van der Waals surface area contributed by atoms with Gasteiger partial charge in [0.2, 0.25) is 0 Å². The number of nitrogens with one attached hydrogen (secondary N) is 2. The number of fused-ring (bicyclic) bond motifs is 5. The third-order valence-corrected chi connectivity index (χ3v) is 12.0. The van der Waals surface area contributed by atoms with Gasteiger partial charge in [0, 0.05) is 11.5 Å². The lowest BCUT2D eigenvalue weighted by molar-refractivity contribution is -0.895. The number of carbonyl (C=O) groups is 1. The molecule has 39 heavy (non-hydrogen) atoms. The van der Waals surface area contributed by atoms with E-state index in [-0.39, 0.29) is 47.0 Å². The minimum atomic E-state index is -0.690. The molecular weight excluding hydrogens is 516 g/mol. The number of hydrogen-bond donors (Lipinski definition) is 3. The molecule has 0 unspecified atom stereocenters. The van der Waals surface area contributed by atoms with Crippen molar-refractivity contribution in [2.24, 2.45) is 28.6 Å². The summed E-state index contributed by atoms with van der Waals surface area (Å²) in [6.45, 7) is 12.8. The van der Waals surface area contributed by atoms with Gasteiger partial charge >= 0.3 is 11.7 Å². The summed E-state index contributed by atoms with van der Waals surface area (Å²) in [7, 11) is 0. The first-order valence-corrected chi connectivity index (χ1v) is 15.2. The fraction of sp³-hybridized carbons (Fsp3) is 0.806. The van der Waals surface area contributed by atoms with Gasteiger partial charge in [-0.1, -0.05) is 13.8 Å². The van der Waals surface area contributed by atoms with E-state index in [4.69, 9.17) is 9.15 Å². The molecule has 1 heterocycles. The summed E-state index contributed by atoms with van der Waals surface area (Å²) in [4.78, 5) is 25.5. The number of amides is 1. The van der Waals surface area contributed by atoms with Crippen LogP contribution in [0.5, 0.6) is 0 Å². The Morgan fingerprint density at radius 1 is 1.08 bits per heavy atom. The molecule has 0 bridgehead atoms. The lowest BCUT2D eigenvalue weighted by Crippen LogP contribution is -3.12. The smallest absolute Gasteiger partial charge is 0.407 e. The summed E-state index contributed by atoms with van der Waals surface area (Å²) in [6.07, 6.45) is 10.3. The van der Waals surface area contributed by atoms with Crippen LogP contribution in [0.2, 0.25) is 0 Å². The standard InChI is InChI=1S/C31H48N2O5.ClH/c1-5-33(6-2)18-17-32-28(35)38-23-11-14-29(3)22(19-23)8-9-26-25(29)12-15-30(4)24(13-16-31(26,30)36)21-7-10-27(34)37-20-21;/h7,10,20,22-26,36H,5-6,8-9,11-19H2,1-4H3,(H,32,35);1H/t22-,23+,24-,25+,26-,29+,30-,31+;/m1./s1. The van der Waals surface area contributed by atoms with Crippen LogP contribution in [0.3, 0.4) is 0 Å². The van der Waals surface area contributed by atoms with Gasteiger partial charge in [-0.15, -0.1) is 0 Å². The van der Waals surface area contributed by atoms with Gasteiger partial charge in [0.05, 0.1) is 38.0 Å². The number of alkyl carbamates (subject to hydrolysis) is 1. The van der Waals surface area contributed by atoms with E-state index in [1.165, 1.54) is 11.0 Å². The lowest BCUT2D eigenvalue weighted by Gasteiger charge is -2.63. The summed E-state index contributed by atoms with van der Waals surface area (Å²) in [5, 5.41) is 15.4. The summed E-state index contributed by atoms with van der Waals surface area (Å²) in [6, 6.07) is 3.42. The molecule has 4 saturated carbocycles. The van der Waals surface area contributed by atoms with E-state index in [1.807, 2.05) is 6.07 Å². The molecule has 1 aromatic rings. The van der Waals surface area contributed by atoms with Crippen LogP contribution in [-0.2, 0) is 4.74 Å². The van der Waals surface area contributed by atoms with E-state index in [0.29, 0.717) is 24.3 Å². The maximum absolute atomic E-state index is 12.5. The Kier molecular flexibility index (Phi) is 9.14. The highest BCUT2D eigenvalue weighted by atomic mass is 35.5. The number of aliphatic hydroxyl groups is 1. The maximum Gasteiger partial charge on any atom is 0.407 e. The van der Waals surface area contributed by atoms with Crippen LogP contribution < -0.4 is 28.2 Å². The van der Waals surface area contributed by atoms with Crippen LogP contribution in [0.25, 0.3) is 0 Å². The first kappa shape index (κ1) is 30.4. The molecule has 4 aliphatic rings. The first-order chi connectivity index (χ1) is 18.1. The summed E-state index contributed by atoms with van der Waals surface area (Å²) in [5.41, 5.74) is 0.0171. The van der Waals surface area contributed by atoms with Gasteiger partial charge in [-0.2, -0.15) is 0 Å². The molecule has 4 fully saturated rings. The Labute approximate surface area is 239 Å². The van der Waals surface area contributed by atoms with Gasteiger partial charge in [0.25, 0.3) is 0 Å². The van der Waals surface area contributed by atoms with E-state index >= 15 is 0 Å². The molecule has 8 heteroatoms. The number of ether oxygens (including phenoxy) is 1. The Morgan fingerprint density at radius 3 is 2.54 bits per heavy atom. The third kappa shape index (κ3) is 5.28. The van der Waals surface area contributed by atoms with E-state index in [0.717, 1.165) is 83.0 Å². The molecule has 8 atom stereocenters. The van der Waals surface area contributed by atoms with Crippen LogP contribution in [-0.4, -0.2) is 49.1 Å². The molecule has 5 rings (SSSR count). The highest BCUT2D eigenvalue weighted by Gasteiger charge is 2.67. The topological polar surface area (TPSA) is 93.2 Å². The van der Waals surface area contributed by atoms with Crippen LogP contribution >= 0.6 is 0 Å². The van der Waals surface area contributed by atoms with Crippen molar-refractivity contribution in [1.82, 2.24) is 5.32 Å². The molecule has 7 nitrogen and oxygen atoms in total. The number of quaternary nitrogens is 1. The maximum atomic E-state index is 12.5. The number of carbonyl (C=O) groups excluding carboxylic acids is 1. The highest BCUT2D eigenvalue weighted by Crippen LogP contribution is 2.70. The fourth-order valence-electron chi connectivity index (χ4n) is 9.53. The number of rotatable bonds is 7. The Balaban J connectivity index is 0.00000353. The number of halogens is 1. The zero-order valence-corrected chi connectivity index (χ0v) is 25.0. The largest absolute Gasteiger partial charge is 1.00 e. The molecular formula is C31H49ClN2O5. The molecule has 1 amide bonds. The minimum Gasteiger partial charge on any atom is -1.00 e. The molecule has 0 spiro atoms. The van der Waals surface area contributed by atoms with Crippen molar-refractivity contribution >= 4 is 6.09 Å². The Hall–Kier alpha value is -1.57. The predicted molar refractivity (Wildman–Crippen MR) is 146 cm³/mol. The monoisotopic (exact) mass is 564 g/mol. The zero-order chi connectivity index (χ0) is 27.1. The lowest BCUT2D eigenvalue weighted by atomic mass is 9.43. The summed E-state index contributed by atoms with van der Waals surface area (Å²) < 4.78 is 11.1. The van der Waals surface area contributed by atoms with Crippen LogP contribution in [0, 0.1) is 28.6 Å². The van der Waals surface area contributed by atoms with Crippen molar-refractivity contribution in [3.8, 4) is 0 Å².